The maximum Gasteiger partial charge on any atom is 0.373 e. The van der Waals surface area contributed by atoms with Crippen molar-refractivity contribution in [2.75, 3.05) is 0 Å². The van der Waals surface area contributed by atoms with Crippen molar-refractivity contribution in [2.24, 2.45) is 0 Å². The molecule has 1 atom stereocenters. The number of rotatable bonds is 2. The van der Waals surface area contributed by atoms with E-state index >= 15 is 0 Å². The van der Waals surface area contributed by atoms with Gasteiger partial charge in [-0.15, -0.1) is 0 Å². The van der Waals surface area contributed by atoms with Crippen molar-refractivity contribution in [3.63, 3.8) is 0 Å². The molecule has 0 saturated heterocycles. The Balaban J connectivity index is 0.000000424. The fourth-order valence-corrected chi connectivity index (χ4v) is 0.911. The van der Waals surface area contributed by atoms with Crippen LogP contribution in [0.3, 0.4) is 0 Å². The molecule has 13 heavy (non-hydrogen) atoms. The molecule has 0 aliphatic carbocycles. The molecule has 0 saturated carbocycles. The number of hydrogen-bond donors (Lipinski definition) is 1. The molecule has 1 aromatic rings. The van der Waals surface area contributed by atoms with E-state index in [0.717, 1.165) is 12.0 Å². The Morgan fingerprint density at radius 1 is 1.31 bits per heavy atom. The van der Waals surface area contributed by atoms with Crippen LogP contribution in [0.4, 0.5) is 0 Å². The highest BCUT2D eigenvalue weighted by Crippen LogP contribution is 2.14. The Morgan fingerprint density at radius 3 is 2.15 bits per heavy atom. The summed E-state index contributed by atoms with van der Waals surface area (Å²) < 4.78 is 0. The third-order valence-corrected chi connectivity index (χ3v) is 1.57. The lowest BCUT2D eigenvalue weighted by Gasteiger charge is -2.05. The van der Waals surface area contributed by atoms with Gasteiger partial charge in [0, 0.05) is 0 Å². The average molecular weight is 180 g/mol. The molecule has 0 fully saturated rings. The predicted octanol–water partition coefficient (Wildman–Crippen LogP) is 1.55. The topological polar surface area (TPSA) is 54.4 Å². The average Bonchev–Trinajstić information content (AvgIpc) is 2.19. The van der Waals surface area contributed by atoms with E-state index in [2.05, 4.69) is 0 Å². The first-order valence-corrected chi connectivity index (χ1v) is 3.98. The Hall–Kier alpha value is -1.44. The summed E-state index contributed by atoms with van der Waals surface area (Å²) in [6.07, 6.45) is 0.741. The summed E-state index contributed by atoms with van der Waals surface area (Å²) in [5, 5.41) is 9.33. The fraction of sp³-hybridized carbons (Fsp3) is 0.300. The molecule has 0 aliphatic rings. The third-order valence-electron chi connectivity index (χ3n) is 1.57. The van der Waals surface area contributed by atoms with E-state index < -0.39 is 0 Å². The van der Waals surface area contributed by atoms with E-state index in [-0.39, 0.29) is 12.3 Å². The largest absolute Gasteiger partial charge is 0.388 e. The van der Waals surface area contributed by atoms with Crippen molar-refractivity contribution < 1.29 is 14.7 Å². The van der Waals surface area contributed by atoms with Gasteiger partial charge in [-0.1, -0.05) is 37.3 Å². The van der Waals surface area contributed by atoms with E-state index in [1.165, 1.54) is 0 Å². The van der Waals surface area contributed by atoms with Crippen LogP contribution < -0.4 is 0 Å². The van der Waals surface area contributed by atoms with Crippen molar-refractivity contribution in [2.45, 2.75) is 19.4 Å². The van der Waals surface area contributed by atoms with Crippen LogP contribution in [0.5, 0.6) is 0 Å². The minimum absolute atomic E-state index is 0.250. The van der Waals surface area contributed by atoms with Crippen molar-refractivity contribution in [1.82, 2.24) is 0 Å². The van der Waals surface area contributed by atoms with E-state index in [1.807, 2.05) is 37.3 Å². The SMILES string of the molecule is CCC(O)c1ccccc1.O=C=O. The number of benzene rings is 1. The fourth-order valence-electron chi connectivity index (χ4n) is 0.911. The number of carbonyl (C=O) groups excluding carboxylic acids is 2. The first-order chi connectivity index (χ1) is 6.26. The van der Waals surface area contributed by atoms with Crippen molar-refractivity contribution in [3.05, 3.63) is 35.9 Å². The van der Waals surface area contributed by atoms with Gasteiger partial charge in [0.1, 0.15) is 0 Å². The van der Waals surface area contributed by atoms with Crippen molar-refractivity contribution in [3.8, 4) is 0 Å². The van der Waals surface area contributed by atoms with Crippen LogP contribution in [-0.2, 0) is 9.59 Å². The molecule has 0 amide bonds. The second kappa shape index (κ2) is 7.22. The van der Waals surface area contributed by atoms with Gasteiger partial charge in [-0.05, 0) is 12.0 Å². The lowest BCUT2D eigenvalue weighted by molar-refractivity contribution is -0.191. The zero-order chi connectivity index (χ0) is 10.1. The van der Waals surface area contributed by atoms with Crippen LogP contribution in [0.2, 0.25) is 0 Å². The third kappa shape index (κ3) is 4.90. The molecule has 0 aromatic heterocycles. The lowest BCUT2D eigenvalue weighted by atomic mass is 10.1. The molecule has 0 bridgehead atoms. The lowest BCUT2D eigenvalue weighted by Crippen LogP contribution is -1.93. The standard InChI is InChI=1S/C9H12O.CO2/c1-2-9(10)8-6-4-3-5-7-8;2-1-3/h3-7,9-10H,2H2,1H3;. The van der Waals surface area contributed by atoms with Crippen LogP contribution in [0, 0.1) is 0 Å². The molecule has 0 aliphatic heterocycles. The Labute approximate surface area is 77.0 Å². The molecule has 1 aromatic carbocycles. The molecule has 0 spiro atoms. The zero-order valence-electron chi connectivity index (χ0n) is 7.43. The maximum absolute atomic E-state index is 9.33. The van der Waals surface area contributed by atoms with Gasteiger partial charge < -0.3 is 5.11 Å². The van der Waals surface area contributed by atoms with Gasteiger partial charge in [0.2, 0.25) is 0 Å². The van der Waals surface area contributed by atoms with E-state index in [9.17, 15) is 5.11 Å². The number of hydrogen-bond acceptors (Lipinski definition) is 3. The highest BCUT2D eigenvalue weighted by Gasteiger charge is 2.00. The van der Waals surface area contributed by atoms with Crippen LogP contribution in [0.25, 0.3) is 0 Å². The molecule has 1 unspecified atom stereocenters. The second-order valence-electron chi connectivity index (χ2n) is 2.42. The van der Waals surface area contributed by atoms with E-state index in [0.29, 0.717) is 0 Å². The predicted molar refractivity (Wildman–Crippen MR) is 46.7 cm³/mol. The molecule has 3 heteroatoms. The van der Waals surface area contributed by atoms with Gasteiger partial charge in [-0.2, -0.15) is 9.59 Å². The molecule has 1 N–H and O–H groups in total. The summed E-state index contributed by atoms with van der Waals surface area (Å²) >= 11 is 0. The number of aliphatic hydroxyl groups excluding tert-OH is 1. The van der Waals surface area contributed by atoms with E-state index in [4.69, 9.17) is 9.59 Å². The smallest absolute Gasteiger partial charge is 0.373 e. The quantitative estimate of drug-likeness (QED) is 0.751. The first kappa shape index (κ1) is 11.6. The molecule has 3 nitrogen and oxygen atoms in total. The summed E-state index contributed by atoms with van der Waals surface area (Å²) in [6, 6.07) is 9.70. The molecule has 70 valence electrons. The van der Waals surface area contributed by atoms with E-state index in [1.54, 1.807) is 0 Å². The van der Waals surface area contributed by atoms with Crippen molar-refractivity contribution in [1.29, 1.82) is 0 Å². The Morgan fingerprint density at radius 2 is 1.77 bits per heavy atom. The monoisotopic (exact) mass is 180 g/mol. The van der Waals surface area contributed by atoms with Crippen molar-refractivity contribution >= 4 is 6.15 Å². The van der Waals surface area contributed by atoms with Gasteiger partial charge in [0.25, 0.3) is 0 Å². The summed E-state index contributed by atoms with van der Waals surface area (Å²) in [7, 11) is 0. The maximum atomic E-state index is 9.33. The molecule has 1 rings (SSSR count). The van der Waals surface area contributed by atoms with Gasteiger partial charge in [0.05, 0.1) is 6.10 Å². The summed E-state index contributed by atoms with van der Waals surface area (Å²) in [5.74, 6) is 0. The minimum atomic E-state index is -0.291. The van der Waals surface area contributed by atoms with Gasteiger partial charge in [0.15, 0.2) is 0 Å². The summed E-state index contributed by atoms with van der Waals surface area (Å²) in [6.45, 7) is 1.97. The van der Waals surface area contributed by atoms with Crippen LogP contribution in [0.15, 0.2) is 30.3 Å². The van der Waals surface area contributed by atoms with Gasteiger partial charge in [-0.25, -0.2) is 0 Å². The molecular formula is C10H12O3. The molecular weight excluding hydrogens is 168 g/mol. The zero-order valence-corrected chi connectivity index (χ0v) is 7.43. The Bertz CT molecular complexity index is 250. The molecule has 0 radical (unpaired) electrons. The van der Waals surface area contributed by atoms with Gasteiger partial charge in [-0.3, -0.25) is 0 Å². The summed E-state index contributed by atoms with van der Waals surface area (Å²) in [4.78, 5) is 16.2. The van der Waals surface area contributed by atoms with Crippen LogP contribution >= 0.6 is 0 Å². The first-order valence-electron chi connectivity index (χ1n) is 3.98. The minimum Gasteiger partial charge on any atom is -0.388 e. The van der Waals surface area contributed by atoms with Crippen LogP contribution in [-0.4, -0.2) is 11.3 Å². The van der Waals surface area contributed by atoms with Crippen LogP contribution in [0.1, 0.15) is 25.0 Å². The van der Waals surface area contributed by atoms with Gasteiger partial charge >= 0.3 is 6.15 Å². The summed E-state index contributed by atoms with van der Waals surface area (Å²) in [5.41, 5.74) is 1.00. The second-order valence-corrected chi connectivity index (χ2v) is 2.42. The highest BCUT2D eigenvalue weighted by molar-refractivity contribution is 5.20. The normalized spacial score (nSPS) is 10.6. The number of aliphatic hydroxyl groups is 1. The molecule has 0 heterocycles. The Kier molecular flexibility index (Phi) is 6.42. The highest BCUT2D eigenvalue weighted by atomic mass is 16.3.